The van der Waals surface area contributed by atoms with Crippen LogP contribution in [-0.4, -0.2) is 11.5 Å². The molecule has 0 aliphatic carbocycles. The highest BCUT2D eigenvalue weighted by molar-refractivity contribution is 9.10. The summed E-state index contributed by atoms with van der Waals surface area (Å²) in [4.78, 5) is 4.16. The third-order valence-corrected chi connectivity index (χ3v) is 4.17. The number of nitrogens with zero attached hydrogens (tertiary/aromatic N) is 1. The normalized spacial score (nSPS) is 12.2. The lowest BCUT2D eigenvalue weighted by Gasteiger charge is -2.20. The first-order chi connectivity index (χ1) is 9.11. The lowest BCUT2D eigenvalue weighted by Crippen LogP contribution is -2.21. The predicted molar refractivity (Wildman–Crippen MR) is 83.5 cm³/mol. The maximum absolute atomic E-state index is 5.98. The fourth-order valence-corrected chi connectivity index (χ4v) is 2.39. The van der Waals surface area contributed by atoms with Crippen molar-refractivity contribution in [2.45, 2.75) is 13.0 Å². The standard InChI is InChI=1S/C14H15BrClN3/c1-9-4-5-18-8-11(9)14(7-17)19-10-2-3-13(16)12(15)6-10/h2-6,8,14,19H,7,17H2,1H3. The number of pyridine rings is 1. The van der Waals surface area contributed by atoms with Gasteiger partial charge in [-0.05, 0) is 58.2 Å². The highest BCUT2D eigenvalue weighted by atomic mass is 79.9. The molecule has 1 aromatic carbocycles. The molecule has 19 heavy (non-hydrogen) atoms. The Kier molecular flexibility index (Phi) is 4.80. The summed E-state index contributed by atoms with van der Waals surface area (Å²) < 4.78 is 0.859. The zero-order valence-electron chi connectivity index (χ0n) is 10.5. The molecule has 1 unspecified atom stereocenters. The molecule has 3 N–H and O–H groups in total. The van der Waals surface area contributed by atoms with Crippen molar-refractivity contribution in [3.05, 3.63) is 57.3 Å². The Labute approximate surface area is 126 Å². The summed E-state index contributed by atoms with van der Waals surface area (Å²) in [6, 6.07) is 7.73. The number of nitrogens with two attached hydrogens (primary N) is 1. The lowest BCUT2D eigenvalue weighted by atomic mass is 10.0. The second-order valence-electron chi connectivity index (χ2n) is 4.29. The molecule has 1 heterocycles. The number of benzene rings is 1. The number of halogens is 2. The fourth-order valence-electron chi connectivity index (χ4n) is 1.89. The van der Waals surface area contributed by atoms with Gasteiger partial charge in [-0.1, -0.05) is 11.6 Å². The maximum atomic E-state index is 5.98. The van der Waals surface area contributed by atoms with Crippen LogP contribution in [0.15, 0.2) is 41.1 Å². The molecule has 3 nitrogen and oxygen atoms in total. The largest absolute Gasteiger partial charge is 0.377 e. The number of nitrogens with one attached hydrogen (secondary N) is 1. The zero-order chi connectivity index (χ0) is 13.8. The van der Waals surface area contributed by atoms with E-state index < -0.39 is 0 Å². The smallest absolute Gasteiger partial charge is 0.0653 e. The number of anilines is 1. The highest BCUT2D eigenvalue weighted by Gasteiger charge is 2.12. The van der Waals surface area contributed by atoms with E-state index in [0.717, 1.165) is 15.7 Å². The lowest BCUT2D eigenvalue weighted by molar-refractivity contribution is 0.778. The zero-order valence-corrected chi connectivity index (χ0v) is 12.9. The SMILES string of the molecule is Cc1ccncc1C(CN)Nc1ccc(Cl)c(Br)c1. The molecule has 0 aliphatic heterocycles. The Morgan fingerprint density at radius 3 is 2.84 bits per heavy atom. The second-order valence-corrected chi connectivity index (χ2v) is 5.56. The molecule has 0 saturated carbocycles. The molecular weight excluding hydrogens is 326 g/mol. The average molecular weight is 341 g/mol. The minimum atomic E-state index is 0.0294. The van der Waals surface area contributed by atoms with Gasteiger partial charge in [0.1, 0.15) is 0 Å². The molecule has 2 rings (SSSR count). The van der Waals surface area contributed by atoms with Crippen LogP contribution in [0.25, 0.3) is 0 Å². The van der Waals surface area contributed by atoms with Gasteiger partial charge in [0, 0.05) is 29.1 Å². The van der Waals surface area contributed by atoms with E-state index in [4.69, 9.17) is 17.3 Å². The molecule has 2 aromatic rings. The molecule has 5 heteroatoms. The van der Waals surface area contributed by atoms with Crippen LogP contribution in [0.5, 0.6) is 0 Å². The predicted octanol–water partition coefficient (Wildman–Crippen LogP) is 3.92. The number of aryl methyl sites for hydroxylation is 1. The van der Waals surface area contributed by atoms with Gasteiger partial charge in [0.15, 0.2) is 0 Å². The number of hydrogen-bond acceptors (Lipinski definition) is 3. The van der Waals surface area contributed by atoms with E-state index in [1.54, 1.807) is 6.20 Å². The van der Waals surface area contributed by atoms with Crippen LogP contribution in [0, 0.1) is 6.92 Å². The third kappa shape index (κ3) is 3.47. The monoisotopic (exact) mass is 339 g/mol. The van der Waals surface area contributed by atoms with Gasteiger partial charge in [-0.3, -0.25) is 4.98 Å². The van der Waals surface area contributed by atoms with Crippen molar-refractivity contribution >= 4 is 33.2 Å². The average Bonchev–Trinajstić information content (AvgIpc) is 2.41. The second kappa shape index (κ2) is 6.37. The summed E-state index contributed by atoms with van der Waals surface area (Å²) in [6.45, 7) is 2.55. The van der Waals surface area contributed by atoms with Crippen molar-refractivity contribution < 1.29 is 0 Å². The van der Waals surface area contributed by atoms with Crippen LogP contribution >= 0.6 is 27.5 Å². The number of aromatic nitrogens is 1. The summed E-state index contributed by atoms with van der Waals surface area (Å²) in [7, 11) is 0. The van der Waals surface area contributed by atoms with Gasteiger partial charge in [0.25, 0.3) is 0 Å². The van der Waals surface area contributed by atoms with Crippen LogP contribution in [0.4, 0.5) is 5.69 Å². The summed E-state index contributed by atoms with van der Waals surface area (Å²) in [5.74, 6) is 0. The minimum Gasteiger partial charge on any atom is -0.377 e. The molecule has 0 spiro atoms. The molecule has 0 saturated heterocycles. The number of hydrogen-bond donors (Lipinski definition) is 2. The van der Waals surface area contributed by atoms with E-state index in [-0.39, 0.29) is 6.04 Å². The Morgan fingerprint density at radius 1 is 1.42 bits per heavy atom. The molecule has 0 radical (unpaired) electrons. The fraction of sp³-hybridized carbons (Fsp3) is 0.214. The van der Waals surface area contributed by atoms with Crippen LogP contribution in [0.3, 0.4) is 0 Å². The Balaban J connectivity index is 2.24. The Hall–Kier alpha value is -1.10. The van der Waals surface area contributed by atoms with Crippen molar-refractivity contribution in [3.63, 3.8) is 0 Å². The molecule has 0 aliphatic rings. The molecule has 1 aromatic heterocycles. The van der Waals surface area contributed by atoms with Gasteiger partial charge < -0.3 is 11.1 Å². The van der Waals surface area contributed by atoms with E-state index in [1.807, 2.05) is 30.5 Å². The van der Waals surface area contributed by atoms with Gasteiger partial charge >= 0.3 is 0 Å². The van der Waals surface area contributed by atoms with Gasteiger partial charge in [0.05, 0.1) is 11.1 Å². The molecule has 1 atom stereocenters. The van der Waals surface area contributed by atoms with Crippen LogP contribution in [-0.2, 0) is 0 Å². The summed E-state index contributed by atoms with van der Waals surface area (Å²) >= 11 is 9.40. The Morgan fingerprint density at radius 2 is 2.21 bits per heavy atom. The first-order valence-corrected chi connectivity index (χ1v) is 7.11. The van der Waals surface area contributed by atoms with E-state index in [9.17, 15) is 0 Å². The van der Waals surface area contributed by atoms with Gasteiger partial charge in [-0.25, -0.2) is 0 Å². The quantitative estimate of drug-likeness (QED) is 0.887. The topological polar surface area (TPSA) is 50.9 Å². The molecular formula is C14H15BrClN3. The molecule has 0 bridgehead atoms. The summed E-state index contributed by atoms with van der Waals surface area (Å²) in [6.07, 6.45) is 3.64. The van der Waals surface area contributed by atoms with Gasteiger partial charge in [-0.2, -0.15) is 0 Å². The van der Waals surface area contributed by atoms with E-state index >= 15 is 0 Å². The van der Waals surface area contributed by atoms with Gasteiger partial charge in [0.2, 0.25) is 0 Å². The van der Waals surface area contributed by atoms with Crippen LogP contribution in [0.1, 0.15) is 17.2 Å². The highest BCUT2D eigenvalue weighted by Crippen LogP contribution is 2.28. The Bertz CT molecular complexity index is 574. The molecule has 0 amide bonds. The van der Waals surface area contributed by atoms with E-state index in [2.05, 4.69) is 33.2 Å². The molecule has 0 fully saturated rings. The summed E-state index contributed by atoms with van der Waals surface area (Å²) in [5.41, 5.74) is 9.11. The first-order valence-electron chi connectivity index (χ1n) is 5.94. The summed E-state index contributed by atoms with van der Waals surface area (Å²) in [5, 5.41) is 4.09. The van der Waals surface area contributed by atoms with Crippen molar-refractivity contribution in [1.29, 1.82) is 0 Å². The van der Waals surface area contributed by atoms with Crippen molar-refractivity contribution in [2.24, 2.45) is 5.73 Å². The maximum Gasteiger partial charge on any atom is 0.0653 e. The van der Waals surface area contributed by atoms with Crippen molar-refractivity contribution in [3.8, 4) is 0 Å². The van der Waals surface area contributed by atoms with E-state index in [0.29, 0.717) is 11.6 Å². The third-order valence-electron chi connectivity index (χ3n) is 2.95. The minimum absolute atomic E-state index is 0.0294. The molecule has 100 valence electrons. The van der Waals surface area contributed by atoms with E-state index in [1.165, 1.54) is 5.56 Å². The first kappa shape index (κ1) is 14.3. The van der Waals surface area contributed by atoms with Crippen LogP contribution < -0.4 is 11.1 Å². The van der Waals surface area contributed by atoms with Crippen molar-refractivity contribution in [2.75, 3.05) is 11.9 Å². The van der Waals surface area contributed by atoms with Crippen molar-refractivity contribution in [1.82, 2.24) is 4.98 Å². The number of rotatable bonds is 4. The van der Waals surface area contributed by atoms with Gasteiger partial charge in [-0.15, -0.1) is 0 Å². The van der Waals surface area contributed by atoms with Crippen LogP contribution in [0.2, 0.25) is 5.02 Å².